The van der Waals surface area contributed by atoms with Gasteiger partial charge in [0, 0.05) is 25.6 Å². The van der Waals surface area contributed by atoms with Crippen molar-refractivity contribution in [2.45, 2.75) is 65.3 Å². The maximum absolute atomic E-state index is 13.4. The second kappa shape index (κ2) is 14.0. The molecule has 2 amide bonds. The number of ether oxygens (including phenoxy) is 2. The molecular weight excluding hydrogens is 424 g/mol. The molecule has 2 aliphatic rings. The van der Waals surface area contributed by atoms with E-state index in [2.05, 4.69) is 5.32 Å². The molecule has 0 spiro atoms. The molecule has 3 N–H and O–H groups in total. The highest BCUT2D eigenvalue weighted by atomic mass is 16.5. The van der Waals surface area contributed by atoms with E-state index < -0.39 is 23.8 Å². The third-order valence-corrected chi connectivity index (χ3v) is 5.91. The van der Waals surface area contributed by atoms with Crippen molar-refractivity contribution in [2.75, 3.05) is 19.8 Å². The molecule has 0 aromatic heterocycles. The van der Waals surface area contributed by atoms with Gasteiger partial charge in [-0.2, -0.15) is 0 Å². The van der Waals surface area contributed by atoms with Crippen LogP contribution in [0.15, 0.2) is 24.3 Å². The lowest BCUT2D eigenvalue weighted by Crippen LogP contribution is -2.49. The van der Waals surface area contributed by atoms with Gasteiger partial charge in [-0.05, 0) is 62.6 Å². The highest BCUT2D eigenvalue weighted by Crippen LogP contribution is 2.27. The molecule has 0 saturated carbocycles. The fourth-order valence-corrected chi connectivity index (χ4v) is 4.20. The second-order valence-electron chi connectivity index (χ2n) is 8.99. The summed E-state index contributed by atoms with van der Waals surface area (Å²) in [7, 11) is 0. The Morgan fingerprint density at radius 2 is 2.00 bits per heavy atom. The number of hydrogen-bond acceptors (Lipinski definition) is 6. The fourth-order valence-electron chi connectivity index (χ4n) is 4.20. The summed E-state index contributed by atoms with van der Waals surface area (Å²) in [5, 5.41) is 12.2. The van der Waals surface area contributed by atoms with Gasteiger partial charge in [-0.1, -0.05) is 26.0 Å². The van der Waals surface area contributed by atoms with E-state index in [0.29, 0.717) is 64.1 Å². The number of hydroxylamine groups is 1. The molecule has 0 aliphatic carbocycles. The van der Waals surface area contributed by atoms with Crippen LogP contribution in [0.3, 0.4) is 0 Å². The van der Waals surface area contributed by atoms with Crippen LogP contribution in [0.1, 0.15) is 58.4 Å². The maximum Gasteiger partial charge on any atom is 0.247 e. The molecule has 2 heterocycles. The van der Waals surface area contributed by atoms with Gasteiger partial charge in [0.05, 0.1) is 18.6 Å². The van der Waals surface area contributed by atoms with Crippen molar-refractivity contribution in [1.82, 2.24) is 10.8 Å². The Morgan fingerprint density at radius 3 is 2.64 bits per heavy atom. The smallest absolute Gasteiger partial charge is 0.247 e. The highest BCUT2D eigenvalue weighted by Gasteiger charge is 2.35. The van der Waals surface area contributed by atoms with Gasteiger partial charge in [0.25, 0.3) is 0 Å². The number of amides is 2. The Labute approximate surface area is 196 Å². The van der Waals surface area contributed by atoms with Gasteiger partial charge in [0.1, 0.15) is 5.75 Å². The lowest BCUT2D eigenvalue weighted by atomic mass is 9.81. The van der Waals surface area contributed by atoms with Crippen molar-refractivity contribution in [2.24, 2.45) is 17.8 Å². The minimum Gasteiger partial charge on any atom is -0.494 e. The van der Waals surface area contributed by atoms with Crippen molar-refractivity contribution in [3.05, 3.63) is 29.8 Å². The predicted molar refractivity (Wildman–Crippen MR) is 124 cm³/mol. The van der Waals surface area contributed by atoms with Gasteiger partial charge in [0.2, 0.25) is 11.8 Å². The van der Waals surface area contributed by atoms with E-state index in [0.717, 1.165) is 5.56 Å². The van der Waals surface area contributed by atoms with Crippen molar-refractivity contribution in [3.63, 3.8) is 0 Å². The van der Waals surface area contributed by atoms with Gasteiger partial charge < -0.3 is 14.8 Å². The average molecular weight is 463 g/mol. The van der Waals surface area contributed by atoms with Crippen LogP contribution in [0.5, 0.6) is 5.75 Å². The summed E-state index contributed by atoms with van der Waals surface area (Å²) in [6.45, 7) is 7.34. The summed E-state index contributed by atoms with van der Waals surface area (Å²) in [6, 6.07) is 6.79. The fraction of sp³-hybridized carbons (Fsp3) is 0.640. The number of ketones is 1. The van der Waals surface area contributed by atoms with Gasteiger partial charge in [-0.25, -0.2) is 5.48 Å². The molecular formula is C25H38N2O6. The van der Waals surface area contributed by atoms with Crippen LogP contribution in [0, 0.1) is 17.8 Å². The van der Waals surface area contributed by atoms with E-state index in [1.165, 1.54) is 0 Å². The van der Waals surface area contributed by atoms with Crippen molar-refractivity contribution >= 4 is 17.6 Å². The van der Waals surface area contributed by atoms with Crippen molar-refractivity contribution in [1.29, 1.82) is 0 Å². The number of carbonyl (C=O) groups is 3. The zero-order chi connectivity index (χ0) is 24.2. The number of fused-ring (bicyclic) bond motifs is 11. The monoisotopic (exact) mass is 462 g/mol. The standard InChI is InChI=1S/C25H38N2O6/c1-4-32-13-6-8-23(28)22-16-18-9-11-19(12-10-18)33-14-5-7-20(25(30)27-31)21(15-17(2)3)24(29)26-22/h9-12,17,20-22,31H,4-8,13-16H2,1-3H3,(H,26,29)(H,27,30)/t20-,21+,22-/m0/s1. The van der Waals surface area contributed by atoms with Crippen LogP contribution in [0.2, 0.25) is 0 Å². The summed E-state index contributed by atoms with van der Waals surface area (Å²) in [5.41, 5.74) is 2.63. The predicted octanol–water partition coefficient (Wildman–Crippen LogP) is 3.06. The lowest BCUT2D eigenvalue weighted by Gasteiger charge is -2.29. The summed E-state index contributed by atoms with van der Waals surface area (Å²) in [6.07, 6.45) is 2.61. The molecule has 0 saturated heterocycles. The van der Waals surface area contributed by atoms with Crippen LogP contribution in [0.4, 0.5) is 0 Å². The van der Waals surface area contributed by atoms with Crippen LogP contribution in [-0.2, 0) is 25.5 Å². The van der Waals surface area contributed by atoms with Gasteiger partial charge >= 0.3 is 0 Å². The molecule has 33 heavy (non-hydrogen) atoms. The molecule has 0 radical (unpaired) electrons. The molecule has 2 bridgehead atoms. The number of rotatable bonds is 9. The lowest BCUT2D eigenvalue weighted by molar-refractivity contribution is -0.142. The Bertz CT molecular complexity index is 765. The quantitative estimate of drug-likeness (QED) is 0.295. The average Bonchev–Trinajstić information content (AvgIpc) is 2.80. The molecule has 184 valence electrons. The summed E-state index contributed by atoms with van der Waals surface area (Å²) in [4.78, 5) is 39.0. The Kier molecular flexibility index (Phi) is 11.3. The summed E-state index contributed by atoms with van der Waals surface area (Å²) < 4.78 is 11.1. The molecule has 0 fully saturated rings. The number of Topliss-reactive ketones (excluding diaryl/α,β-unsaturated/α-hetero) is 1. The third kappa shape index (κ3) is 8.78. The molecule has 8 nitrogen and oxygen atoms in total. The first-order valence-electron chi connectivity index (χ1n) is 11.9. The molecule has 3 rings (SSSR count). The van der Waals surface area contributed by atoms with Crippen LogP contribution in [0.25, 0.3) is 0 Å². The first-order chi connectivity index (χ1) is 15.8. The minimum absolute atomic E-state index is 0.0677. The van der Waals surface area contributed by atoms with E-state index in [1.807, 2.05) is 45.0 Å². The highest BCUT2D eigenvalue weighted by molar-refractivity contribution is 5.92. The third-order valence-electron chi connectivity index (χ3n) is 5.91. The van der Waals surface area contributed by atoms with Gasteiger partial charge in [0.15, 0.2) is 5.78 Å². The molecule has 3 atom stereocenters. The number of nitrogens with one attached hydrogen (secondary N) is 2. The van der Waals surface area contributed by atoms with Crippen molar-refractivity contribution in [3.8, 4) is 5.75 Å². The molecule has 1 aromatic rings. The zero-order valence-electron chi connectivity index (χ0n) is 20.0. The van der Waals surface area contributed by atoms with Crippen LogP contribution >= 0.6 is 0 Å². The molecule has 8 heteroatoms. The maximum atomic E-state index is 13.4. The largest absolute Gasteiger partial charge is 0.494 e. The van der Waals surface area contributed by atoms with Crippen LogP contribution < -0.4 is 15.5 Å². The van der Waals surface area contributed by atoms with E-state index in [4.69, 9.17) is 9.47 Å². The molecule has 1 aromatic carbocycles. The van der Waals surface area contributed by atoms with Gasteiger partial charge in [-0.15, -0.1) is 0 Å². The Morgan fingerprint density at radius 1 is 1.27 bits per heavy atom. The summed E-state index contributed by atoms with van der Waals surface area (Å²) >= 11 is 0. The molecule has 0 unspecified atom stereocenters. The first kappa shape index (κ1) is 26.8. The van der Waals surface area contributed by atoms with Crippen molar-refractivity contribution < 1.29 is 29.1 Å². The minimum atomic E-state index is -0.724. The number of hydrogen-bond donors (Lipinski definition) is 3. The van der Waals surface area contributed by atoms with Gasteiger partial charge in [-0.3, -0.25) is 19.6 Å². The summed E-state index contributed by atoms with van der Waals surface area (Å²) in [5.74, 6) is -1.53. The Balaban J connectivity index is 2.32. The number of carbonyl (C=O) groups excluding carboxylic acids is 3. The van der Waals surface area contributed by atoms with Crippen LogP contribution in [-0.4, -0.2) is 48.7 Å². The Hall–Kier alpha value is -2.45. The van der Waals surface area contributed by atoms with E-state index >= 15 is 0 Å². The van der Waals surface area contributed by atoms with E-state index in [9.17, 15) is 19.6 Å². The SMILES string of the molecule is CCOCCCC(=O)[C@@H]1Cc2ccc(cc2)OCCC[C@H](C(=O)NO)[C@@H](CC(C)C)C(=O)N1. The zero-order valence-corrected chi connectivity index (χ0v) is 20.0. The topological polar surface area (TPSA) is 114 Å². The van der Waals surface area contributed by atoms with E-state index in [-0.39, 0.29) is 17.6 Å². The van der Waals surface area contributed by atoms with E-state index in [1.54, 1.807) is 5.48 Å². The molecule has 2 aliphatic heterocycles. The second-order valence-corrected chi connectivity index (χ2v) is 8.99. The number of benzene rings is 1. The first-order valence-corrected chi connectivity index (χ1v) is 11.9. The normalized spacial score (nSPS) is 21.7.